The van der Waals surface area contributed by atoms with E-state index in [-0.39, 0.29) is 6.09 Å². The molecule has 1 fully saturated rings. The van der Waals surface area contributed by atoms with Crippen LogP contribution in [0.5, 0.6) is 0 Å². The van der Waals surface area contributed by atoms with Gasteiger partial charge in [-0.3, -0.25) is 0 Å². The van der Waals surface area contributed by atoms with Gasteiger partial charge >= 0.3 is 6.09 Å². The summed E-state index contributed by atoms with van der Waals surface area (Å²) < 4.78 is 5.47. The molecule has 3 nitrogen and oxygen atoms in total. The second-order valence-electron chi connectivity index (χ2n) is 7.97. The Balaban J connectivity index is 2.22. The zero-order chi connectivity index (χ0) is 16.6. The molecule has 1 rings (SSSR count). The molecule has 1 amide bonds. The van der Waals surface area contributed by atoms with E-state index in [1.165, 1.54) is 51.4 Å². The third-order valence-corrected chi connectivity index (χ3v) is 4.76. The summed E-state index contributed by atoms with van der Waals surface area (Å²) in [4.78, 5) is 13.9. The molecule has 0 saturated heterocycles. The highest BCUT2D eigenvalue weighted by Gasteiger charge is 2.28. The van der Waals surface area contributed by atoms with Crippen molar-refractivity contribution in [3.05, 3.63) is 0 Å². The van der Waals surface area contributed by atoms with Crippen molar-refractivity contribution in [3.8, 4) is 0 Å². The molecule has 0 unspecified atom stereocenters. The number of amides is 1. The van der Waals surface area contributed by atoms with E-state index in [1.54, 1.807) is 0 Å². The molecule has 0 heterocycles. The van der Waals surface area contributed by atoms with Crippen LogP contribution in [-0.2, 0) is 4.74 Å². The van der Waals surface area contributed by atoms with Gasteiger partial charge in [0.15, 0.2) is 0 Å². The Morgan fingerprint density at radius 3 is 2.18 bits per heavy atom. The molecule has 22 heavy (non-hydrogen) atoms. The highest BCUT2D eigenvalue weighted by molar-refractivity contribution is 5.68. The van der Waals surface area contributed by atoms with Crippen molar-refractivity contribution in [1.29, 1.82) is 0 Å². The average Bonchev–Trinajstić information content (AvgIpc) is 2.45. The lowest BCUT2D eigenvalue weighted by atomic mass is 9.82. The number of hydrogen-bond donors (Lipinski definition) is 0. The zero-order valence-corrected chi connectivity index (χ0v) is 15.5. The third-order valence-electron chi connectivity index (χ3n) is 4.76. The first kappa shape index (κ1) is 19.3. The molecule has 0 aliphatic heterocycles. The lowest BCUT2D eigenvalue weighted by Crippen LogP contribution is -2.42. The van der Waals surface area contributed by atoms with E-state index < -0.39 is 5.60 Å². The Bertz CT molecular complexity index is 314. The standard InChI is InChI=1S/C19H37NO2/c1-6-7-8-9-10-11-16-12-14-17(15-13-16)20(5)18(21)22-19(2,3)4/h16-17H,6-15H2,1-5H3/t16-,17+. The normalized spacial score (nSPS) is 22.4. The molecule has 0 bridgehead atoms. The molecule has 0 aromatic heterocycles. The third kappa shape index (κ3) is 7.51. The number of nitrogens with zero attached hydrogens (tertiary/aromatic N) is 1. The van der Waals surface area contributed by atoms with Crippen LogP contribution in [-0.4, -0.2) is 29.7 Å². The van der Waals surface area contributed by atoms with Crippen LogP contribution in [0, 0.1) is 5.92 Å². The maximum atomic E-state index is 12.1. The van der Waals surface area contributed by atoms with Gasteiger partial charge in [0.2, 0.25) is 0 Å². The highest BCUT2D eigenvalue weighted by Crippen LogP contribution is 2.31. The SMILES string of the molecule is CCCCCCC[C@H]1CC[C@@H](N(C)C(=O)OC(C)(C)C)CC1. The van der Waals surface area contributed by atoms with Crippen LogP contribution in [0.4, 0.5) is 4.79 Å². The first-order chi connectivity index (χ1) is 10.3. The summed E-state index contributed by atoms with van der Waals surface area (Å²) in [5, 5.41) is 0. The number of carbonyl (C=O) groups is 1. The van der Waals surface area contributed by atoms with Gasteiger partial charge in [0.05, 0.1) is 0 Å². The van der Waals surface area contributed by atoms with Crippen LogP contribution in [0.3, 0.4) is 0 Å². The van der Waals surface area contributed by atoms with E-state index in [9.17, 15) is 4.79 Å². The van der Waals surface area contributed by atoms with E-state index in [0.29, 0.717) is 6.04 Å². The molecule has 0 spiro atoms. The van der Waals surface area contributed by atoms with E-state index in [4.69, 9.17) is 4.74 Å². The molecule has 1 saturated carbocycles. The summed E-state index contributed by atoms with van der Waals surface area (Å²) in [6, 6.07) is 0.367. The van der Waals surface area contributed by atoms with Gasteiger partial charge < -0.3 is 9.64 Å². The first-order valence-electron chi connectivity index (χ1n) is 9.29. The molecular formula is C19H37NO2. The zero-order valence-electron chi connectivity index (χ0n) is 15.5. The Morgan fingerprint density at radius 1 is 1.05 bits per heavy atom. The Hall–Kier alpha value is -0.730. The second-order valence-corrected chi connectivity index (χ2v) is 7.97. The van der Waals surface area contributed by atoms with Crippen LogP contribution < -0.4 is 0 Å². The van der Waals surface area contributed by atoms with Gasteiger partial charge in [-0.05, 0) is 52.4 Å². The van der Waals surface area contributed by atoms with Crippen LogP contribution in [0.15, 0.2) is 0 Å². The summed E-state index contributed by atoms with van der Waals surface area (Å²) in [5.74, 6) is 0.880. The highest BCUT2D eigenvalue weighted by atomic mass is 16.6. The summed E-state index contributed by atoms with van der Waals surface area (Å²) in [7, 11) is 1.89. The molecule has 0 aromatic carbocycles. The topological polar surface area (TPSA) is 29.5 Å². The molecule has 130 valence electrons. The first-order valence-corrected chi connectivity index (χ1v) is 9.29. The Kier molecular flexibility index (Phi) is 8.27. The fourth-order valence-electron chi connectivity index (χ4n) is 3.34. The van der Waals surface area contributed by atoms with Gasteiger partial charge in [-0.25, -0.2) is 4.79 Å². The van der Waals surface area contributed by atoms with Crippen LogP contribution in [0.1, 0.15) is 91.9 Å². The number of unbranched alkanes of at least 4 members (excludes halogenated alkanes) is 4. The molecule has 0 atom stereocenters. The average molecular weight is 312 g/mol. The van der Waals surface area contributed by atoms with Crippen molar-refractivity contribution in [2.45, 2.75) is 104 Å². The van der Waals surface area contributed by atoms with Gasteiger partial charge in [-0.2, -0.15) is 0 Å². The predicted molar refractivity (Wildman–Crippen MR) is 93.1 cm³/mol. The van der Waals surface area contributed by atoms with Crippen molar-refractivity contribution in [1.82, 2.24) is 4.90 Å². The summed E-state index contributed by atoms with van der Waals surface area (Å²) in [5.41, 5.74) is -0.402. The molecule has 0 N–H and O–H groups in total. The minimum Gasteiger partial charge on any atom is -0.444 e. The molecule has 1 aliphatic carbocycles. The van der Waals surface area contributed by atoms with Crippen molar-refractivity contribution >= 4 is 6.09 Å². The fourth-order valence-corrected chi connectivity index (χ4v) is 3.34. The van der Waals surface area contributed by atoms with Gasteiger partial charge in [-0.1, -0.05) is 45.4 Å². The maximum absolute atomic E-state index is 12.1. The molecule has 3 heteroatoms. The number of carbonyl (C=O) groups excluding carboxylic acids is 1. The predicted octanol–water partition coefficient (Wildman–Crippen LogP) is 5.77. The van der Waals surface area contributed by atoms with Gasteiger partial charge in [0, 0.05) is 13.1 Å². The summed E-state index contributed by atoms with van der Waals surface area (Å²) in [6.07, 6.45) is 12.9. The number of hydrogen-bond acceptors (Lipinski definition) is 2. The number of rotatable bonds is 7. The lowest BCUT2D eigenvalue weighted by Gasteiger charge is -2.35. The van der Waals surface area contributed by atoms with Crippen LogP contribution in [0.2, 0.25) is 0 Å². The van der Waals surface area contributed by atoms with Crippen LogP contribution >= 0.6 is 0 Å². The van der Waals surface area contributed by atoms with Crippen molar-refractivity contribution in [3.63, 3.8) is 0 Å². The molecule has 0 radical (unpaired) electrons. The van der Waals surface area contributed by atoms with Gasteiger partial charge in [-0.15, -0.1) is 0 Å². The van der Waals surface area contributed by atoms with E-state index >= 15 is 0 Å². The lowest BCUT2D eigenvalue weighted by molar-refractivity contribution is 0.0170. The van der Waals surface area contributed by atoms with Crippen molar-refractivity contribution in [2.24, 2.45) is 5.92 Å². The molecule has 1 aliphatic rings. The van der Waals surface area contributed by atoms with Crippen molar-refractivity contribution < 1.29 is 9.53 Å². The smallest absolute Gasteiger partial charge is 0.410 e. The Morgan fingerprint density at radius 2 is 1.64 bits per heavy atom. The molecular weight excluding hydrogens is 274 g/mol. The van der Waals surface area contributed by atoms with Gasteiger partial charge in [0.25, 0.3) is 0 Å². The van der Waals surface area contributed by atoms with Crippen molar-refractivity contribution in [2.75, 3.05) is 7.05 Å². The quantitative estimate of drug-likeness (QED) is 0.558. The Labute approximate surface area is 137 Å². The van der Waals surface area contributed by atoms with E-state index in [0.717, 1.165) is 18.8 Å². The number of ether oxygens (including phenoxy) is 1. The van der Waals surface area contributed by atoms with E-state index in [1.807, 2.05) is 32.7 Å². The minimum absolute atomic E-state index is 0.171. The van der Waals surface area contributed by atoms with Crippen LogP contribution in [0.25, 0.3) is 0 Å². The monoisotopic (exact) mass is 311 g/mol. The molecule has 0 aromatic rings. The minimum atomic E-state index is -0.402. The largest absolute Gasteiger partial charge is 0.444 e. The second kappa shape index (κ2) is 9.42. The summed E-state index contributed by atoms with van der Waals surface area (Å²) in [6.45, 7) is 8.04. The summed E-state index contributed by atoms with van der Waals surface area (Å²) >= 11 is 0. The van der Waals surface area contributed by atoms with Gasteiger partial charge in [0.1, 0.15) is 5.60 Å². The van der Waals surface area contributed by atoms with E-state index in [2.05, 4.69) is 6.92 Å². The fraction of sp³-hybridized carbons (Fsp3) is 0.947. The maximum Gasteiger partial charge on any atom is 0.410 e.